The first-order valence-electron chi connectivity index (χ1n) is 3.45. The fourth-order valence-corrected chi connectivity index (χ4v) is 0.944. The van der Waals surface area contributed by atoms with Crippen molar-refractivity contribution < 1.29 is 9.53 Å². The zero-order valence-electron chi connectivity index (χ0n) is 6.58. The Balaban J connectivity index is 2.82. The lowest BCUT2D eigenvalue weighted by Gasteiger charge is -1.96. The predicted molar refractivity (Wildman–Crippen MR) is 45.5 cm³/mol. The zero-order chi connectivity index (χ0) is 9.14. The molecule has 0 spiro atoms. The van der Waals surface area contributed by atoms with E-state index in [1.807, 2.05) is 0 Å². The van der Waals surface area contributed by atoms with Crippen LogP contribution in [-0.4, -0.2) is 17.3 Å². The molecule has 66 valence electrons. The van der Waals surface area contributed by atoms with Crippen molar-refractivity contribution in [2.24, 2.45) is 0 Å². The quantitative estimate of drug-likeness (QED) is 0.557. The SMILES string of the molecule is CCOC(=O)c1cc(Cl)n(N)c1. The molecule has 2 N–H and O–H groups in total. The van der Waals surface area contributed by atoms with Crippen LogP contribution in [0.5, 0.6) is 0 Å². The van der Waals surface area contributed by atoms with Crippen LogP contribution in [-0.2, 0) is 4.74 Å². The van der Waals surface area contributed by atoms with Gasteiger partial charge in [-0.05, 0) is 13.0 Å². The van der Waals surface area contributed by atoms with Gasteiger partial charge < -0.3 is 10.6 Å². The van der Waals surface area contributed by atoms with Gasteiger partial charge in [-0.2, -0.15) is 0 Å². The Kier molecular flexibility index (Phi) is 2.60. The van der Waals surface area contributed by atoms with E-state index in [0.717, 1.165) is 4.68 Å². The van der Waals surface area contributed by atoms with Crippen molar-refractivity contribution in [3.05, 3.63) is 23.0 Å². The summed E-state index contributed by atoms with van der Waals surface area (Å²) in [5.41, 5.74) is 0.365. The molecule has 0 fully saturated rings. The largest absolute Gasteiger partial charge is 0.462 e. The molecule has 4 nitrogen and oxygen atoms in total. The number of aromatic nitrogens is 1. The third kappa shape index (κ3) is 1.71. The van der Waals surface area contributed by atoms with Crippen molar-refractivity contribution in [3.63, 3.8) is 0 Å². The van der Waals surface area contributed by atoms with Gasteiger partial charge >= 0.3 is 5.97 Å². The second-order valence-corrected chi connectivity index (χ2v) is 2.57. The number of nitrogen functional groups attached to an aromatic ring is 1. The summed E-state index contributed by atoms with van der Waals surface area (Å²) in [5.74, 6) is 4.94. The van der Waals surface area contributed by atoms with Crippen LogP contribution in [0.25, 0.3) is 0 Å². The van der Waals surface area contributed by atoms with Gasteiger partial charge in [0.2, 0.25) is 0 Å². The van der Waals surface area contributed by atoms with Crippen molar-refractivity contribution >= 4 is 17.6 Å². The summed E-state index contributed by atoms with van der Waals surface area (Å²) in [5, 5.41) is 0.304. The van der Waals surface area contributed by atoms with Gasteiger partial charge in [0.1, 0.15) is 5.15 Å². The first kappa shape index (κ1) is 8.93. The maximum Gasteiger partial charge on any atom is 0.339 e. The van der Waals surface area contributed by atoms with Crippen molar-refractivity contribution in [2.45, 2.75) is 6.92 Å². The van der Waals surface area contributed by atoms with Crippen molar-refractivity contribution in [2.75, 3.05) is 12.4 Å². The number of hydrogen-bond acceptors (Lipinski definition) is 3. The molecule has 12 heavy (non-hydrogen) atoms. The Morgan fingerprint density at radius 3 is 2.92 bits per heavy atom. The van der Waals surface area contributed by atoms with Gasteiger partial charge in [-0.15, -0.1) is 0 Å². The maximum absolute atomic E-state index is 11.1. The Bertz CT molecular complexity index is 276. The molecule has 0 saturated carbocycles. The minimum atomic E-state index is -0.413. The molecule has 0 amide bonds. The Hall–Kier alpha value is -1.16. The van der Waals surface area contributed by atoms with Crippen LogP contribution in [0.15, 0.2) is 12.3 Å². The molecule has 5 heteroatoms. The highest BCUT2D eigenvalue weighted by atomic mass is 35.5. The van der Waals surface area contributed by atoms with Crippen molar-refractivity contribution in [1.82, 2.24) is 4.68 Å². The summed E-state index contributed by atoms with van der Waals surface area (Å²) < 4.78 is 5.89. The number of rotatable bonds is 2. The van der Waals surface area contributed by atoms with Crippen LogP contribution in [0.4, 0.5) is 0 Å². The molecule has 1 rings (SSSR count). The smallest absolute Gasteiger partial charge is 0.339 e. The highest BCUT2D eigenvalue weighted by Crippen LogP contribution is 2.11. The number of halogens is 1. The van der Waals surface area contributed by atoms with E-state index >= 15 is 0 Å². The summed E-state index contributed by atoms with van der Waals surface area (Å²) in [6.07, 6.45) is 1.42. The highest BCUT2D eigenvalue weighted by Gasteiger charge is 2.09. The van der Waals surface area contributed by atoms with Gasteiger partial charge in [0, 0.05) is 6.20 Å². The Morgan fingerprint density at radius 2 is 2.50 bits per heavy atom. The van der Waals surface area contributed by atoms with Crippen LogP contribution in [0.2, 0.25) is 5.15 Å². The number of hydrogen-bond donors (Lipinski definition) is 1. The molecule has 1 heterocycles. The number of carbonyl (C=O) groups is 1. The van der Waals surface area contributed by atoms with Gasteiger partial charge in [0.25, 0.3) is 0 Å². The maximum atomic E-state index is 11.1. The minimum Gasteiger partial charge on any atom is -0.462 e. The Morgan fingerprint density at radius 1 is 1.83 bits per heavy atom. The average Bonchev–Trinajstić information content (AvgIpc) is 2.33. The monoisotopic (exact) mass is 188 g/mol. The van der Waals surface area contributed by atoms with E-state index in [0.29, 0.717) is 17.3 Å². The van der Waals surface area contributed by atoms with E-state index in [-0.39, 0.29) is 0 Å². The first-order chi connectivity index (χ1) is 5.65. The van der Waals surface area contributed by atoms with Gasteiger partial charge in [-0.3, -0.25) is 4.68 Å². The van der Waals surface area contributed by atoms with Gasteiger partial charge in [0.05, 0.1) is 12.2 Å². The normalized spacial score (nSPS) is 9.83. The standard InChI is InChI=1S/C7H9ClN2O2/c1-2-12-7(11)5-3-6(8)10(9)4-5/h3-4H,2,9H2,1H3. The topological polar surface area (TPSA) is 57.2 Å². The minimum absolute atomic E-state index is 0.304. The third-order valence-corrected chi connectivity index (χ3v) is 1.61. The zero-order valence-corrected chi connectivity index (χ0v) is 7.34. The predicted octanol–water partition coefficient (Wildman–Crippen LogP) is 1.03. The third-order valence-electron chi connectivity index (χ3n) is 1.31. The second-order valence-electron chi connectivity index (χ2n) is 2.18. The summed E-state index contributed by atoms with van der Waals surface area (Å²) in [4.78, 5) is 11.1. The molecule has 0 aromatic carbocycles. The summed E-state index contributed by atoms with van der Waals surface area (Å²) in [7, 11) is 0. The van der Waals surface area contributed by atoms with Crippen LogP contribution in [0, 0.1) is 0 Å². The summed E-state index contributed by atoms with van der Waals surface area (Å²) in [6.45, 7) is 2.07. The van der Waals surface area contributed by atoms with E-state index in [4.69, 9.17) is 22.2 Å². The van der Waals surface area contributed by atoms with E-state index in [9.17, 15) is 4.79 Å². The summed E-state index contributed by atoms with van der Waals surface area (Å²) >= 11 is 5.60. The Labute approximate surface area is 74.8 Å². The van der Waals surface area contributed by atoms with Gasteiger partial charge in [-0.1, -0.05) is 11.6 Å². The van der Waals surface area contributed by atoms with E-state index in [1.54, 1.807) is 6.92 Å². The molecule has 1 aromatic rings. The highest BCUT2D eigenvalue weighted by molar-refractivity contribution is 6.30. The number of nitrogens with two attached hydrogens (primary N) is 1. The van der Waals surface area contributed by atoms with Crippen LogP contribution < -0.4 is 5.84 Å². The molecular weight excluding hydrogens is 180 g/mol. The molecule has 0 unspecified atom stereocenters. The molecule has 0 saturated heterocycles. The molecule has 0 aliphatic heterocycles. The average molecular weight is 189 g/mol. The molecule has 0 bridgehead atoms. The van der Waals surface area contributed by atoms with Crippen LogP contribution >= 0.6 is 11.6 Å². The van der Waals surface area contributed by atoms with E-state index < -0.39 is 5.97 Å². The van der Waals surface area contributed by atoms with Crippen molar-refractivity contribution in [1.29, 1.82) is 0 Å². The number of carbonyl (C=O) groups excluding carboxylic acids is 1. The lowest BCUT2D eigenvalue weighted by atomic mass is 10.3. The fourth-order valence-electron chi connectivity index (χ4n) is 0.778. The molecule has 0 aliphatic rings. The molecule has 0 radical (unpaired) electrons. The van der Waals surface area contributed by atoms with Crippen LogP contribution in [0.3, 0.4) is 0 Å². The lowest BCUT2D eigenvalue weighted by molar-refractivity contribution is 0.0526. The van der Waals surface area contributed by atoms with E-state index in [1.165, 1.54) is 12.3 Å². The fraction of sp³-hybridized carbons (Fsp3) is 0.286. The second kappa shape index (κ2) is 3.49. The number of ether oxygens (including phenoxy) is 1. The van der Waals surface area contributed by atoms with Crippen molar-refractivity contribution in [3.8, 4) is 0 Å². The van der Waals surface area contributed by atoms with Crippen LogP contribution in [0.1, 0.15) is 17.3 Å². The first-order valence-corrected chi connectivity index (χ1v) is 3.83. The van der Waals surface area contributed by atoms with Gasteiger partial charge in [0.15, 0.2) is 0 Å². The van der Waals surface area contributed by atoms with E-state index in [2.05, 4.69) is 0 Å². The lowest BCUT2D eigenvalue weighted by Crippen LogP contribution is -2.07. The summed E-state index contributed by atoms with van der Waals surface area (Å²) in [6, 6.07) is 1.46. The number of esters is 1. The molecule has 0 aliphatic carbocycles. The molecule has 0 atom stereocenters. The number of nitrogens with zero attached hydrogens (tertiary/aromatic N) is 1. The van der Waals surface area contributed by atoms with Gasteiger partial charge in [-0.25, -0.2) is 4.79 Å². The molecule has 1 aromatic heterocycles. The molecular formula is C7H9ClN2O2.